The highest BCUT2D eigenvalue weighted by atomic mass is 16.5. The molecule has 4 N–H and O–H groups in total. The van der Waals surface area contributed by atoms with Crippen LogP contribution in [0.3, 0.4) is 0 Å². The van der Waals surface area contributed by atoms with Gasteiger partial charge in [-0.25, -0.2) is 0 Å². The highest BCUT2D eigenvalue weighted by Gasteiger charge is 2.09. The van der Waals surface area contributed by atoms with Gasteiger partial charge in [0.05, 0.1) is 23.6 Å². The lowest BCUT2D eigenvalue weighted by Gasteiger charge is -2.09. The first-order valence-corrected chi connectivity index (χ1v) is 6.45. The predicted molar refractivity (Wildman–Crippen MR) is 74.7 cm³/mol. The molecule has 19 heavy (non-hydrogen) atoms. The van der Waals surface area contributed by atoms with Crippen molar-refractivity contribution < 1.29 is 9.53 Å². The number of hydrazine groups is 1. The minimum atomic E-state index is -0.153. The molecule has 1 rings (SSSR count). The molecule has 0 saturated carbocycles. The zero-order chi connectivity index (χ0) is 14.1. The van der Waals surface area contributed by atoms with Crippen LogP contribution in [0.4, 0.5) is 5.69 Å². The molecule has 1 aromatic rings. The molecule has 1 aromatic heterocycles. The van der Waals surface area contributed by atoms with E-state index in [1.54, 1.807) is 12.3 Å². The van der Waals surface area contributed by atoms with Crippen molar-refractivity contribution in [1.82, 2.24) is 10.3 Å². The number of nitrogen functional groups attached to an aromatic ring is 1. The number of nitrogens with two attached hydrogens (primary N) is 1. The van der Waals surface area contributed by atoms with Crippen LogP contribution in [0.2, 0.25) is 0 Å². The molecule has 1 heterocycles. The summed E-state index contributed by atoms with van der Waals surface area (Å²) in [4.78, 5) is 15.8. The van der Waals surface area contributed by atoms with Gasteiger partial charge >= 0.3 is 0 Å². The lowest BCUT2D eigenvalue weighted by atomic mass is 10.2. The van der Waals surface area contributed by atoms with Gasteiger partial charge in [-0.1, -0.05) is 0 Å². The third-order valence-corrected chi connectivity index (χ3v) is 2.53. The lowest BCUT2D eigenvalue weighted by molar-refractivity contribution is 0.0754. The number of aromatic nitrogens is 1. The largest absolute Gasteiger partial charge is 0.379 e. The smallest absolute Gasteiger partial charge is 0.253 e. The van der Waals surface area contributed by atoms with Crippen molar-refractivity contribution in [1.29, 1.82) is 0 Å². The fraction of sp³-hybridized carbons (Fsp3) is 0.538. The summed E-state index contributed by atoms with van der Waals surface area (Å²) >= 11 is 0. The summed E-state index contributed by atoms with van der Waals surface area (Å²) < 4.78 is 5.42. The highest BCUT2D eigenvalue weighted by molar-refractivity contribution is 5.99. The molecule has 0 aromatic carbocycles. The van der Waals surface area contributed by atoms with E-state index in [2.05, 4.69) is 15.7 Å². The molecule has 0 bridgehead atoms. The number of pyridine rings is 1. The third-order valence-electron chi connectivity index (χ3n) is 2.53. The number of hydrogen-bond acceptors (Lipinski definition) is 5. The van der Waals surface area contributed by atoms with Crippen molar-refractivity contribution in [2.24, 2.45) is 5.84 Å². The molecular weight excluding hydrogens is 244 g/mol. The van der Waals surface area contributed by atoms with Crippen LogP contribution in [0.1, 0.15) is 37.0 Å². The predicted octanol–water partition coefficient (Wildman–Crippen LogP) is 1.30. The van der Waals surface area contributed by atoms with E-state index < -0.39 is 0 Å². The van der Waals surface area contributed by atoms with Crippen LogP contribution in [0.25, 0.3) is 0 Å². The van der Waals surface area contributed by atoms with E-state index in [0.29, 0.717) is 17.8 Å². The van der Waals surface area contributed by atoms with Crippen LogP contribution in [-0.4, -0.2) is 30.1 Å². The first-order chi connectivity index (χ1) is 9.15. The number of rotatable bonds is 8. The summed E-state index contributed by atoms with van der Waals surface area (Å²) in [5, 5.41) is 2.84. The molecule has 0 aliphatic rings. The zero-order valence-electron chi connectivity index (χ0n) is 11.5. The lowest BCUT2D eigenvalue weighted by Crippen LogP contribution is -2.26. The molecule has 0 spiro atoms. The van der Waals surface area contributed by atoms with E-state index in [-0.39, 0.29) is 12.0 Å². The molecule has 0 unspecified atom stereocenters. The quantitative estimate of drug-likeness (QED) is 0.375. The number of carbonyl (C=O) groups excluding carboxylic acids is 1. The third kappa shape index (κ3) is 5.67. The first kappa shape index (κ1) is 15.4. The highest BCUT2D eigenvalue weighted by Crippen LogP contribution is 2.11. The van der Waals surface area contributed by atoms with E-state index >= 15 is 0 Å². The van der Waals surface area contributed by atoms with Gasteiger partial charge in [0.2, 0.25) is 0 Å². The maximum absolute atomic E-state index is 11.9. The van der Waals surface area contributed by atoms with Gasteiger partial charge in [-0.3, -0.25) is 15.6 Å². The normalized spacial score (nSPS) is 10.5. The minimum Gasteiger partial charge on any atom is -0.379 e. The second kappa shape index (κ2) is 8.44. The topological polar surface area (TPSA) is 89.3 Å². The maximum Gasteiger partial charge on any atom is 0.253 e. The van der Waals surface area contributed by atoms with Gasteiger partial charge in [-0.05, 0) is 32.8 Å². The van der Waals surface area contributed by atoms with E-state index in [9.17, 15) is 4.79 Å². The maximum atomic E-state index is 11.9. The van der Waals surface area contributed by atoms with Gasteiger partial charge in [-0.15, -0.1) is 0 Å². The SMILES string of the molecule is CC(C)OCCCCNC(=O)c1ccncc1NN. The van der Waals surface area contributed by atoms with E-state index in [0.717, 1.165) is 19.4 Å². The number of nitrogens with zero attached hydrogens (tertiary/aromatic N) is 1. The molecule has 0 fully saturated rings. The summed E-state index contributed by atoms with van der Waals surface area (Å²) in [6, 6.07) is 1.63. The number of nitrogens with one attached hydrogen (secondary N) is 2. The van der Waals surface area contributed by atoms with Crippen molar-refractivity contribution in [3.05, 3.63) is 24.0 Å². The molecule has 106 valence electrons. The summed E-state index contributed by atoms with van der Waals surface area (Å²) in [5.41, 5.74) is 3.47. The molecule has 0 saturated heterocycles. The second-order valence-corrected chi connectivity index (χ2v) is 4.45. The van der Waals surface area contributed by atoms with E-state index in [1.807, 2.05) is 13.8 Å². The first-order valence-electron chi connectivity index (χ1n) is 6.45. The Morgan fingerprint density at radius 1 is 1.47 bits per heavy atom. The van der Waals surface area contributed by atoms with E-state index in [1.165, 1.54) is 6.20 Å². The van der Waals surface area contributed by atoms with Crippen molar-refractivity contribution >= 4 is 11.6 Å². The average molecular weight is 266 g/mol. The molecular formula is C13H22N4O2. The second-order valence-electron chi connectivity index (χ2n) is 4.45. The van der Waals surface area contributed by atoms with Crippen LogP contribution in [0.5, 0.6) is 0 Å². The molecule has 0 aliphatic heterocycles. The number of hydrogen-bond donors (Lipinski definition) is 3. The number of carbonyl (C=O) groups is 1. The van der Waals surface area contributed by atoms with Gasteiger partial charge in [0, 0.05) is 19.3 Å². The van der Waals surface area contributed by atoms with E-state index in [4.69, 9.17) is 10.6 Å². The number of ether oxygens (including phenoxy) is 1. The summed E-state index contributed by atoms with van der Waals surface area (Å²) in [6.45, 7) is 5.35. The fourth-order valence-electron chi connectivity index (χ4n) is 1.55. The monoisotopic (exact) mass is 266 g/mol. The Morgan fingerprint density at radius 3 is 2.95 bits per heavy atom. The molecule has 6 nitrogen and oxygen atoms in total. The van der Waals surface area contributed by atoms with Gasteiger partial charge in [-0.2, -0.15) is 0 Å². The Labute approximate surface area is 113 Å². The Morgan fingerprint density at radius 2 is 2.26 bits per heavy atom. The molecule has 0 aliphatic carbocycles. The summed E-state index contributed by atoms with van der Waals surface area (Å²) in [7, 11) is 0. The van der Waals surface area contributed by atoms with Crippen LogP contribution in [0.15, 0.2) is 18.5 Å². The Bertz CT molecular complexity index is 396. The molecule has 6 heteroatoms. The standard InChI is InChI=1S/C13H22N4O2/c1-10(2)19-8-4-3-6-16-13(18)11-5-7-15-9-12(11)17-14/h5,7,9-10,17H,3-4,6,8,14H2,1-2H3,(H,16,18). The van der Waals surface area contributed by atoms with Crippen LogP contribution in [0, 0.1) is 0 Å². The Balaban J connectivity index is 2.28. The van der Waals surface area contributed by atoms with Crippen molar-refractivity contribution in [3.8, 4) is 0 Å². The molecule has 1 amide bonds. The number of unbranched alkanes of at least 4 members (excludes halogenated alkanes) is 1. The van der Waals surface area contributed by atoms with Crippen LogP contribution in [-0.2, 0) is 4.74 Å². The zero-order valence-corrected chi connectivity index (χ0v) is 11.5. The Kier molecular flexibility index (Phi) is 6.84. The number of anilines is 1. The van der Waals surface area contributed by atoms with Gasteiger partial charge in [0.15, 0.2) is 0 Å². The van der Waals surface area contributed by atoms with Crippen molar-refractivity contribution in [2.45, 2.75) is 32.8 Å². The Hall–Kier alpha value is -1.66. The van der Waals surface area contributed by atoms with Gasteiger partial charge < -0.3 is 15.5 Å². The number of amides is 1. The minimum absolute atomic E-state index is 0.153. The van der Waals surface area contributed by atoms with Gasteiger partial charge in [0.1, 0.15) is 0 Å². The molecule has 0 atom stereocenters. The summed E-state index contributed by atoms with van der Waals surface area (Å²) in [5.74, 6) is 5.17. The van der Waals surface area contributed by atoms with Crippen LogP contribution < -0.4 is 16.6 Å². The molecule has 0 radical (unpaired) electrons. The van der Waals surface area contributed by atoms with Crippen molar-refractivity contribution in [3.63, 3.8) is 0 Å². The fourth-order valence-corrected chi connectivity index (χ4v) is 1.55. The van der Waals surface area contributed by atoms with Gasteiger partial charge in [0.25, 0.3) is 5.91 Å². The van der Waals surface area contributed by atoms with Crippen molar-refractivity contribution in [2.75, 3.05) is 18.6 Å². The summed E-state index contributed by atoms with van der Waals surface area (Å²) in [6.07, 6.45) is 5.15. The van der Waals surface area contributed by atoms with Crippen LogP contribution >= 0.6 is 0 Å². The average Bonchev–Trinajstić information content (AvgIpc) is 2.42.